The minimum absolute atomic E-state index is 0.0580. The monoisotopic (exact) mass is 414 g/mol. The maximum absolute atomic E-state index is 12.2. The number of esters is 1. The summed E-state index contributed by atoms with van der Waals surface area (Å²) in [5, 5.41) is 2.95. The van der Waals surface area contributed by atoms with E-state index < -0.39 is 0 Å². The minimum atomic E-state index is -0.348. The van der Waals surface area contributed by atoms with Crippen LogP contribution < -0.4 is 4.90 Å². The number of anilines is 2. The van der Waals surface area contributed by atoms with Crippen molar-refractivity contribution in [1.29, 1.82) is 0 Å². The predicted octanol–water partition coefficient (Wildman–Crippen LogP) is 5.08. The van der Waals surface area contributed by atoms with E-state index in [9.17, 15) is 9.59 Å². The molecule has 144 valence electrons. The van der Waals surface area contributed by atoms with Gasteiger partial charge in [0.1, 0.15) is 6.61 Å². The van der Waals surface area contributed by atoms with Crippen LogP contribution in [-0.4, -0.2) is 16.9 Å². The Hall–Kier alpha value is -2.70. The lowest BCUT2D eigenvalue weighted by Gasteiger charge is -2.18. The summed E-state index contributed by atoms with van der Waals surface area (Å²) in [5.41, 5.74) is 3.24. The number of carbonyl (C=O) groups excluding carboxylic acids is 2. The Labute approximate surface area is 172 Å². The Morgan fingerprint density at radius 2 is 1.93 bits per heavy atom. The second-order valence-electron chi connectivity index (χ2n) is 6.28. The molecule has 0 fully saturated rings. The summed E-state index contributed by atoms with van der Waals surface area (Å²) in [6.07, 6.45) is 0.164. The number of aryl methyl sites for hydroxylation is 1. The Morgan fingerprint density at radius 1 is 1.18 bits per heavy atom. The average Bonchev–Trinajstić information content (AvgIpc) is 3.10. The molecule has 0 aliphatic rings. The summed E-state index contributed by atoms with van der Waals surface area (Å²) in [7, 11) is 0. The minimum Gasteiger partial charge on any atom is -0.459 e. The predicted molar refractivity (Wildman–Crippen MR) is 111 cm³/mol. The molecule has 0 atom stereocenters. The van der Waals surface area contributed by atoms with Crippen molar-refractivity contribution < 1.29 is 14.3 Å². The highest BCUT2D eigenvalue weighted by molar-refractivity contribution is 7.14. The molecule has 0 saturated carbocycles. The number of rotatable bonds is 6. The molecule has 7 heteroatoms. The normalized spacial score (nSPS) is 10.5. The largest absolute Gasteiger partial charge is 0.459 e. The van der Waals surface area contributed by atoms with Gasteiger partial charge in [-0.25, -0.2) is 4.98 Å². The number of halogens is 1. The number of aromatic nitrogens is 1. The fourth-order valence-corrected chi connectivity index (χ4v) is 3.63. The second kappa shape index (κ2) is 8.99. The summed E-state index contributed by atoms with van der Waals surface area (Å²) in [6.45, 7) is 3.52. The molecule has 28 heavy (non-hydrogen) atoms. The van der Waals surface area contributed by atoms with Gasteiger partial charge < -0.3 is 4.74 Å². The van der Waals surface area contributed by atoms with Crippen molar-refractivity contribution in [2.45, 2.75) is 26.9 Å². The molecular formula is C21H19ClN2O3S. The second-order valence-corrected chi connectivity index (χ2v) is 7.55. The first kappa shape index (κ1) is 20.0. The third-order valence-corrected chi connectivity index (χ3v) is 5.08. The third kappa shape index (κ3) is 5.18. The lowest BCUT2D eigenvalue weighted by atomic mass is 10.1. The van der Waals surface area contributed by atoms with Crippen molar-refractivity contribution in [2.75, 3.05) is 4.90 Å². The lowest BCUT2D eigenvalue weighted by Crippen LogP contribution is -2.22. The number of hydrogen-bond acceptors (Lipinski definition) is 5. The van der Waals surface area contributed by atoms with Gasteiger partial charge >= 0.3 is 5.97 Å². The van der Waals surface area contributed by atoms with Crippen LogP contribution in [0.3, 0.4) is 0 Å². The van der Waals surface area contributed by atoms with Gasteiger partial charge in [0.25, 0.3) is 0 Å². The van der Waals surface area contributed by atoms with Crippen LogP contribution in [0.4, 0.5) is 10.8 Å². The molecular weight excluding hydrogens is 396 g/mol. The van der Waals surface area contributed by atoms with Crippen LogP contribution in [0, 0.1) is 6.92 Å². The van der Waals surface area contributed by atoms with Crippen LogP contribution in [0.2, 0.25) is 5.02 Å². The molecule has 0 N–H and O–H groups in total. The summed E-state index contributed by atoms with van der Waals surface area (Å²) < 4.78 is 5.31. The Morgan fingerprint density at radius 3 is 2.61 bits per heavy atom. The van der Waals surface area contributed by atoms with Gasteiger partial charge in [-0.05, 0) is 42.3 Å². The molecule has 1 aromatic heterocycles. The van der Waals surface area contributed by atoms with E-state index in [0.717, 1.165) is 16.8 Å². The van der Waals surface area contributed by atoms with Gasteiger partial charge in [-0.3, -0.25) is 14.5 Å². The molecule has 0 aliphatic carbocycles. The van der Waals surface area contributed by atoms with Crippen molar-refractivity contribution in [3.8, 4) is 0 Å². The highest BCUT2D eigenvalue weighted by Crippen LogP contribution is 2.29. The van der Waals surface area contributed by atoms with Gasteiger partial charge in [0.15, 0.2) is 5.13 Å². The van der Waals surface area contributed by atoms with E-state index in [0.29, 0.717) is 15.8 Å². The number of ether oxygens (including phenoxy) is 1. The van der Waals surface area contributed by atoms with Gasteiger partial charge in [0, 0.05) is 17.3 Å². The lowest BCUT2D eigenvalue weighted by molar-refractivity contribution is -0.144. The Balaban J connectivity index is 1.64. The van der Waals surface area contributed by atoms with Crippen LogP contribution >= 0.6 is 22.9 Å². The summed E-state index contributed by atoms with van der Waals surface area (Å²) in [6, 6.07) is 14.7. The van der Waals surface area contributed by atoms with E-state index in [1.807, 2.05) is 31.2 Å². The Bertz CT molecular complexity index is 985. The number of benzene rings is 2. The molecule has 0 unspecified atom stereocenters. The van der Waals surface area contributed by atoms with Crippen LogP contribution in [0.1, 0.15) is 23.7 Å². The van der Waals surface area contributed by atoms with Crippen molar-refractivity contribution in [3.63, 3.8) is 0 Å². The molecule has 0 aliphatic heterocycles. The molecule has 3 rings (SSSR count). The number of thiazole rings is 1. The zero-order valence-electron chi connectivity index (χ0n) is 15.5. The quantitative estimate of drug-likeness (QED) is 0.528. The molecule has 0 saturated heterocycles. The van der Waals surface area contributed by atoms with Crippen molar-refractivity contribution in [2.24, 2.45) is 0 Å². The summed E-state index contributed by atoms with van der Waals surface area (Å²) >= 11 is 7.17. The standard InChI is InChI=1S/C21H19ClN2O3S/c1-14-4-3-5-19(10-14)24(15(2)25)21-23-18(13-28-21)12-27-20(26)11-16-6-8-17(22)9-7-16/h3-10,13H,11-12H2,1-2H3. The number of carbonyl (C=O) groups is 2. The van der Waals surface area contributed by atoms with Crippen molar-refractivity contribution in [1.82, 2.24) is 4.98 Å². The molecule has 0 radical (unpaired) electrons. The SMILES string of the molecule is CC(=O)N(c1cccc(C)c1)c1nc(COC(=O)Cc2ccc(Cl)cc2)cs1. The van der Waals surface area contributed by atoms with Crippen molar-refractivity contribution >= 4 is 45.6 Å². The van der Waals surface area contributed by atoms with Gasteiger partial charge in [-0.2, -0.15) is 0 Å². The number of amides is 1. The first-order valence-electron chi connectivity index (χ1n) is 8.64. The van der Waals surface area contributed by atoms with Crippen LogP contribution in [0.25, 0.3) is 0 Å². The maximum Gasteiger partial charge on any atom is 0.310 e. The van der Waals surface area contributed by atoms with E-state index in [4.69, 9.17) is 16.3 Å². The molecule has 0 spiro atoms. The molecule has 3 aromatic rings. The van der Waals surface area contributed by atoms with Gasteiger partial charge in [0.2, 0.25) is 5.91 Å². The topological polar surface area (TPSA) is 59.5 Å². The molecule has 1 amide bonds. The summed E-state index contributed by atoms with van der Waals surface area (Å²) in [4.78, 5) is 30.2. The van der Waals surface area contributed by atoms with Crippen molar-refractivity contribution in [3.05, 3.63) is 75.8 Å². The van der Waals surface area contributed by atoms with E-state index in [1.54, 1.807) is 34.5 Å². The van der Waals surface area contributed by atoms with Gasteiger partial charge in [0.05, 0.1) is 17.8 Å². The van der Waals surface area contributed by atoms with E-state index in [2.05, 4.69) is 4.98 Å². The smallest absolute Gasteiger partial charge is 0.310 e. The first-order chi connectivity index (χ1) is 13.4. The summed E-state index contributed by atoms with van der Waals surface area (Å²) in [5.74, 6) is -0.481. The van der Waals surface area contributed by atoms with Crippen LogP contribution in [0.15, 0.2) is 53.9 Å². The molecule has 0 bridgehead atoms. The van der Waals surface area contributed by atoms with Crippen LogP contribution in [-0.2, 0) is 27.4 Å². The zero-order valence-corrected chi connectivity index (χ0v) is 17.1. The number of hydrogen-bond donors (Lipinski definition) is 0. The zero-order chi connectivity index (χ0) is 20.1. The first-order valence-corrected chi connectivity index (χ1v) is 9.90. The van der Waals surface area contributed by atoms with E-state index >= 15 is 0 Å². The maximum atomic E-state index is 12.2. The molecule has 1 heterocycles. The fraction of sp³-hybridized carbons (Fsp3) is 0.190. The highest BCUT2D eigenvalue weighted by atomic mass is 35.5. The number of nitrogens with zero attached hydrogens (tertiary/aromatic N) is 2. The molecule has 2 aromatic carbocycles. The fourth-order valence-electron chi connectivity index (χ4n) is 2.63. The van der Waals surface area contributed by atoms with Gasteiger partial charge in [-0.1, -0.05) is 35.9 Å². The van der Waals surface area contributed by atoms with E-state index in [1.165, 1.54) is 18.3 Å². The molecule has 5 nitrogen and oxygen atoms in total. The van der Waals surface area contributed by atoms with Crippen LogP contribution in [0.5, 0.6) is 0 Å². The van der Waals surface area contributed by atoms with Gasteiger partial charge in [-0.15, -0.1) is 11.3 Å². The third-order valence-electron chi connectivity index (χ3n) is 3.95. The highest BCUT2D eigenvalue weighted by Gasteiger charge is 2.18. The average molecular weight is 415 g/mol. The Kier molecular flexibility index (Phi) is 6.44. The van der Waals surface area contributed by atoms with E-state index in [-0.39, 0.29) is 24.9 Å².